The van der Waals surface area contributed by atoms with E-state index >= 15 is 0 Å². The van der Waals surface area contributed by atoms with Crippen molar-refractivity contribution >= 4 is 27.5 Å². The van der Waals surface area contributed by atoms with E-state index < -0.39 is 0 Å². The Balaban J connectivity index is 2.36. The number of benzene rings is 1. The molecule has 0 amide bonds. The van der Waals surface area contributed by atoms with Crippen LogP contribution in [-0.4, -0.2) is 11.7 Å². The van der Waals surface area contributed by atoms with Gasteiger partial charge in [-0.25, -0.2) is 0 Å². The Morgan fingerprint density at radius 1 is 1.40 bits per heavy atom. The van der Waals surface area contributed by atoms with Crippen molar-refractivity contribution in [3.63, 3.8) is 0 Å². The number of hydrogen-bond acceptors (Lipinski definition) is 2. The quantitative estimate of drug-likeness (QED) is 0.828. The lowest BCUT2D eigenvalue weighted by molar-refractivity contribution is 0.390. The summed E-state index contributed by atoms with van der Waals surface area (Å²) in [6.07, 6.45) is 3.44. The summed E-state index contributed by atoms with van der Waals surface area (Å²) in [4.78, 5) is 0. The molecule has 0 saturated carbocycles. The van der Waals surface area contributed by atoms with Gasteiger partial charge in [-0.3, -0.25) is 0 Å². The van der Waals surface area contributed by atoms with Gasteiger partial charge in [0.25, 0.3) is 0 Å². The second kappa shape index (κ2) is 4.73. The number of aromatic hydroxyl groups is 1. The average molecular weight is 291 g/mol. The molecule has 82 valence electrons. The fourth-order valence-corrected chi connectivity index (χ4v) is 2.75. The van der Waals surface area contributed by atoms with Gasteiger partial charge in [-0.05, 0) is 31.5 Å². The monoisotopic (exact) mass is 289 g/mol. The maximum atomic E-state index is 9.93. The normalized spacial score (nSPS) is 21.6. The number of phenols is 1. The Labute approximate surface area is 103 Å². The van der Waals surface area contributed by atoms with Crippen molar-refractivity contribution in [2.75, 3.05) is 6.54 Å². The van der Waals surface area contributed by atoms with Gasteiger partial charge in [-0.15, -0.1) is 0 Å². The number of nitrogens with one attached hydrogen (secondary N) is 1. The summed E-state index contributed by atoms with van der Waals surface area (Å²) in [6, 6.07) is 3.80. The minimum absolute atomic E-state index is 0.199. The third-order valence-corrected chi connectivity index (χ3v) is 3.77. The van der Waals surface area contributed by atoms with Crippen LogP contribution >= 0.6 is 27.5 Å². The zero-order valence-electron chi connectivity index (χ0n) is 8.26. The Morgan fingerprint density at radius 3 is 2.87 bits per heavy atom. The van der Waals surface area contributed by atoms with Crippen LogP contribution in [0.4, 0.5) is 0 Å². The van der Waals surface area contributed by atoms with Crippen LogP contribution in [0.15, 0.2) is 16.6 Å². The van der Waals surface area contributed by atoms with Crippen LogP contribution in [0.3, 0.4) is 0 Å². The van der Waals surface area contributed by atoms with Crippen LogP contribution in [0.5, 0.6) is 5.75 Å². The first kappa shape index (κ1) is 11.2. The molecule has 1 aromatic carbocycles. The summed E-state index contributed by atoms with van der Waals surface area (Å²) < 4.78 is 0.920. The van der Waals surface area contributed by atoms with E-state index in [1.165, 1.54) is 12.8 Å². The summed E-state index contributed by atoms with van der Waals surface area (Å²) in [5.41, 5.74) is 0.891. The highest BCUT2D eigenvalue weighted by atomic mass is 79.9. The molecule has 1 atom stereocenters. The number of rotatable bonds is 1. The molecule has 0 unspecified atom stereocenters. The fourth-order valence-electron chi connectivity index (χ4n) is 1.99. The molecule has 2 nitrogen and oxygen atoms in total. The van der Waals surface area contributed by atoms with Gasteiger partial charge in [0.2, 0.25) is 0 Å². The predicted molar refractivity (Wildman–Crippen MR) is 65.4 cm³/mol. The number of halogens is 2. The van der Waals surface area contributed by atoms with E-state index in [9.17, 15) is 5.11 Å². The Hall–Kier alpha value is -0.250. The molecule has 1 saturated heterocycles. The highest BCUT2D eigenvalue weighted by molar-refractivity contribution is 9.10. The summed E-state index contributed by atoms with van der Waals surface area (Å²) in [5, 5.41) is 13.7. The van der Waals surface area contributed by atoms with E-state index in [0.29, 0.717) is 5.02 Å². The van der Waals surface area contributed by atoms with Crippen molar-refractivity contribution in [3.05, 3.63) is 27.2 Å². The maximum Gasteiger partial charge on any atom is 0.140 e. The average Bonchev–Trinajstić information content (AvgIpc) is 2.26. The number of piperidine rings is 1. The van der Waals surface area contributed by atoms with Crippen LogP contribution in [0.2, 0.25) is 5.02 Å². The van der Waals surface area contributed by atoms with Crippen molar-refractivity contribution in [1.82, 2.24) is 5.32 Å². The predicted octanol–water partition coefficient (Wildman–Crippen LogP) is 3.62. The van der Waals surface area contributed by atoms with Gasteiger partial charge in [0.05, 0.1) is 5.02 Å². The van der Waals surface area contributed by atoms with Crippen molar-refractivity contribution in [1.29, 1.82) is 0 Å². The second-order valence-electron chi connectivity index (χ2n) is 3.79. The van der Waals surface area contributed by atoms with E-state index in [1.807, 2.05) is 6.07 Å². The molecule has 2 rings (SSSR count). The molecule has 0 aliphatic carbocycles. The van der Waals surface area contributed by atoms with Gasteiger partial charge in [-0.1, -0.05) is 34.0 Å². The molecule has 0 spiro atoms. The lowest BCUT2D eigenvalue weighted by atomic mass is 9.97. The molecule has 0 aromatic heterocycles. The van der Waals surface area contributed by atoms with Crippen LogP contribution in [-0.2, 0) is 0 Å². The zero-order chi connectivity index (χ0) is 10.8. The first-order valence-corrected chi connectivity index (χ1v) is 6.27. The molecule has 1 aliphatic rings. The van der Waals surface area contributed by atoms with Crippen LogP contribution in [0.25, 0.3) is 0 Å². The van der Waals surface area contributed by atoms with Gasteiger partial charge in [0.15, 0.2) is 0 Å². The highest BCUT2D eigenvalue weighted by Crippen LogP contribution is 2.39. The van der Waals surface area contributed by atoms with Crippen molar-refractivity contribution < 1.29 is 5.11 Å². The molecule has 4 heteroatoms. The Bertz CT molecular complexity index is 364. The first-order chi connectivity index (χ1) is 7.20. The lowest BCUT2D eigenvalue weighted by Gasteiger charge is -2.25. The molecule has 1 heterocycles. The van der Waals surface area contributed by atoms with Gasteiger partial charge in [0.1, 0.15) is 5.75 Å². The van der Waals surface area contributed by atoms with Gasteiger partial charge >= 0.3 is 0 Å². The third kappa shape index (κ3) is 2.30. The van der Waals surface area contributed by atoms with Gasteiger partial charge in [0, 0.05) is 16.1 Å². The van der Waals surface area contributed by atoms with Crippen molar-refractivity contribution in [3.8, 4) is 5.75 Å². The van der Waals surface area contributed by atoms with Crippen LogP contribution < -0.4 is 5.32 Å². The zero-order valence-corrected chi connectivity index (χ0v) is 10.6. The van der Waals surface area contributed by atoms with Crippen LogP contribution in [0, 0.1) is 0 Å². The molecule has 2 N–H and O–H groups in total. The molecule has 0 bridgehead atoms. The highest BCUT2D eigenvalue weighted by Gasteiger charge is 2.21. The molecular weight excluding hydrogens is 277 g/mol. The Morgan fingerprint density at radius 2 is 2.20 bits per heavy atom. The molecular formula is C11H13BrClNO. The minimum atomic E-state index is 0.199. The van der Waals surface area contributed by atoms with Gasteiger partial charge < -0.3 is 10.4 Å². The summed E-state index contributed by atoms with van der Waals surface area (Å²) in [5.74, 6) is 0.199. The van der Waals surface area contributed by atoms with E-state index in [1.54, 1.807) is 6.07 Å². The van der Waals surface area contributed by atoms with Crippen LogP contribution in [0.1, 0.15) is 30.9 Å². The topological polar surface area (TPSA) is 32.3 Å². The molecule has 0 radical (unpaired) electrons. The first-order valence-electron chi connectivity index (χ1n) is 5.10. The Kier molecular flexibility index (Phi) is 3.54. The fraction of sp³-hybridized carbons (Fsp3) is 0.455. The smallest absolute Gasteiger partial charge is 0.140 e. The third-order valence-electron chi connectivity index (χ3n) is 2.77. The summed E-state index contributed by atoms with van der Waals surface area (Å²) >= 11 is 9.36. The van der Waals surface area contributed by atoms with E-state index in [2.05, 4.69) is 21.2 Å². The molecule has 1 aromatic rings. The number of hydrogen-bond donors (Lipinski definition) is 2. The standard InChI is InChI=1S/C11H13BrClNO/c12-7-4-5-8(13)11(15)10(7)9-3-1-2-6-14-9/h4-5,9,14-15H,1-3,6H2/t9-/m0/s1. The summed E-state index contributed by atoms with van der Waals surface area (Å²) in [6.45, 7) is 1.00. The summed E-state index contributed by atoms with van der Waals surface area (Å²) in [7, 11) is 0. The SMILES string of the molecule is Oc1c(Cl)ccc(Br)c1[C@@H]1CCCCN1. The maximum absolute atomic E-state index is 9.93. The molecule has 1 aliphatic heterocycles. The van der Waals surface area contributed by atoms with E-state index in [-0.39, 0.29) is 11.8 Å². The number of phenolic OH excluding ortho intramolecular Hbond substituents is 1. The van der Waals surface area contributed by atoms with E-state index in [0.717, 1.165) is 23.0 Å². The van der Waals surface area contributed by atoms with E-state index in [4.69, 9.17) is 11.6 Å². The van der Waals surface area contributed by atoms with Crippen molar-refractivity contribution in [2.45, 2.75) is 25.3 Å². The molecule has 1 fully saturated rings. The minimum Gasteiger partial charge on any atom is -0.506 e. The lowest BCUT2D eigenvalue weighted by Crippen LogP contribution is -2.27. The molecule has 15 heavy (non-hydrogen) atoms. The second-order valence-corrected chi connectivity index (χ2v) is 5.06. The largest absolute Gasteiger partial charge is 0.506 e. The van der Waals surface area contributed by atoms with Gasteiger partial charge in [-0.2, -0.15) is 0 Å². The van der Waals surface area contributed by atoms with Crippen molar-refractivity contribution in [2.24, 2.45) is 0 Å².